The molecule has 0 unspecified atom stereocenters. The molecule has 2 N–H and O–H groups in total. The van der Waals surface area contributed by atoms with Crippen LogP contribution in [0.4, 0.5) is 0 Å². The zero-order chi connectivity index (χ0) is 12.7. The van der Waals surface area contributed by atoms with Gasteiger partial charge in [-0.15, -0.1) is 0 Å². The minimum Gasteiger partial charge on any atom is -0.476 e. The summed E-state index contributed by atoms with van der Waals surface area (Å²) in [6, 6.07) is 5.59. The number of aromatic amines is 1. The number of carbonyl (C=O) groups is 1. The molecule has 18 heavy (non-hydrogen) atoms. The van der Waals surface area contributed by atoms with Gasteiger partial charge in [-0.25, -0.2) is 4.79 Å². The first-order valence-electron chi connectivity index (χ1n) is 5.29. The number of carboxylic acids is 1. The maximum absolute atomic E-state index is 10.8. The maximum atomic E-state index is 10.8. The first kappa shape index (κ1) is 10.9. The fourth-order valence-corrected chi connectivity index (χ4v) is 2.68. The number of nitrogens with one attached hydrogen (secondary N) is 1. The fourth-order valence-electron chi connectivity index (χ4n) is 1.87. The molecule has 0 amide bonds. The number of aryl methyl sites for hydroxylation is 1. The molecule has 1 aromatic carbocycles. The number of hydrogen-bond acceptors (Lipinski definition) is 4. The summed E-state index contributed by atoms with van der Waals surface area (Å²) in [4.78, 5) is 11.7. The van der Waals surface area contributed by atoms with Gasteiger partial charge in [0.15, 0.2) is 5.69 Å². The molecule has 0 saturated carbocycles. The van der Waals surface area contributed by atoms with Crippen molar-refractivity contribution >= 4 is 28.4 Å². The average molecular weight is 259 g/mol. The van der Waals surface area contributed by atoms with Crippen LogP contribution >= 0.6 is 11.5 Å². The second kappa shape index (κ2) is 3.92. The molecule has 3 rings (SSSR count). The van der Waals surface area contributed by atoms with E-state index in [2.05, 4.69) is 14.6 Å². The van der Waals surface area contributed by atoms with E-state index in [-0.39, 0.29) is 5.69 Å². The van der Waals surface area contributed by atoms with Gasteiger partial charge in [-0.1, -0.05) is 0 Å². The quantitative estimate of drug-likeness (QED) is 0.741. The smallest absolute Gasteiger partial charge is 0.355 e. The van der Waals surface area contributed by atoms with Crippen molar-refractivity contribution in [2.45, 2.75) is 6.92 Å². The largest absolute Gasteiger partial charge is 0.476 e. The Morgan fingerprint density at radius 1 is 1.39 bits per heavy atom. The number of hydrogen-bond donors (Lipinski definition) is 2. The van der Waals surface area contributed by atoms with Gasteiger partial charge >= 0.3 is 5.97 Å². The molecule has 0 radical (unpaired) electrons. The standard InChI is InChI=1S/C12H9N3O2S/c1-6-2-7-5-13-14-9(7)3-8(6)11-4-10(12(16)17)15-18-11/h2-5H,1H3,(H,13,14)(H,16,17). The number of nitrogens with zero attached hydrogens (tertiary/aromatic N) is 2. The molecule has 0 atom stereocenters. The molecule has 0 aliphatic carbocycles. The van der Waals surface area contributed by atoms with Crippen LogP contribution in [0.2, 0.25) is 0 Å². The Kier molecular flexibility index (Phi) is 2.38. The van der Waals surface area contributed by atoms with Crippen molar-refractivity contribution < 1.29 is 9.90 Å². The van der Waals surface area contributed by atoms with Crippen LogP contribution in [0.15, 0.2) is 24.4 Å². The Balaban J connectivity index is 2.17. The van der Waals surface area contributed by atoms with Gasteiger partial charge in [0.25, 0.3) is 0 Å². The number of carboxylic acid groups (broad SMARTS) is 1. The minimum atomic E-state index is -1.00. The predicted molar refractivity (Wildman–Crippen MR) is 68.9 cm³/mol. The first-order valence-corrected chi connectivity index (χ1v) is 6.06. The summed E-state index contributed by atoms with van der Waals surface area (Å²) in [5.41, 5.74) is 3.07. The van der Waals surface area contributed by atoms with Crippen LogP contribution in [-0.4, -0.2) is 25.6 Å². The molecule has 3 aromatic rings. The molecular formula is C12H9N3O2S. The summed E-state index contributed by atoms with van der Waals surface area (Å²) >= 11 is 1.19. The average Bonchev–Trinajstić information content (AvgIpc) is 2.94. The summed E-state index contributed by atoms with van der Waals surface area (Å²) in [5.74, 6) is -1.00. The van der Waals surface area contributed by atoms with E-state index in [1.165, 1.54) is 11.5 Å². The topological polar surface area (TPSA) is 78.9 Å². The van der Waals surface area contributed by atoms with Gasteiger partial charge in [-0.2, -0.15) is 9.47 Å². The summed E-state index contributed by atoms with van der Waals surface area (Å²) in [6.45, 7) is 1.99. The summed E-state index contributed by atoms with van der Waals surface area (Å²) in [6.07, 6.45) is 1.77. The Labute approximate surface area is 106 Å². The van der Waals surface area contributed by atoms with Gasteiger partial charge in [0.05, 0.1) is 16.6 Å². The van der Waals surface area contributed by atoms with Crippen molar-refractivity contribution in [2.24, 2.45) is 0 Å². The molecule has 6 heteroatoms. The van der Waals surface area contributed by atoms with Crippen LogP contribution in [0.25, 0.3) is 21.3 Å². The molecule has 0 aliphatic heterocycles. The van der Waals surface area contributed by atoms with Gasteiger partial charge < -0.3 is 5.11 Å². The van der Waals surface area contributed by atoms with Crippen LogP contribution < -0.4 is 0 Å². The molecule has 0 fully saturated rings. The Morgan fingerprint density at radius 2 is 2.22 bits per heavy atom. The van der Waals surface area contributed by atoms with Gasteiger partial charge in [0.2, 0.25) is 0 Å². The SMILES string of the molecule is Cc1cc2cn[nH]c2cc1-c1cc(C(=O)O)ns1. The lowest BCUT2D eigenvalue weighted by atomic mass is 10.0. The molecular weight excluding hydrogens is 250 g/mol. The Bertz CT molecular complexity index is 745. The Morgan fingerprint density at radius 3 is 2.94 bits per heavy atom. The zero-order valence-corrected chi connectivity index (χ0v) is 10.3. The van der Waals surface area contributed by atoms with E-state index in [9.17, 15) is 4.79 Å². The van der Waals surface area contributed by atoms with Crippen LogP contribution in [0, 0.1) is 6.92 Å². The van der Waals surface area contributed by atoms with E-state index in [1.807, 2.05) is 19.1 Å². The predicted octanol–water partition coefficient (Wildman–Crippen LogP) is 2.69. The zero-order valence-electron chi connectivity index (χ0n) is 9.47. The molecule has 2 heterocycles. The van der Waals surface area contributed by atoms with Crippen LogP contribution in [0.5, 0.6) is 0 Å². The monoisotopic (exact) mass is 259 g/mol. The maximum Gasteiger partial charge on any atom is 0.355 e. The lowest BCUT2D eigenvalue weighted by Gasteiger charge is -2.02. The number of rotatable bonds is 2. The third-order valence-corrected chi connectivity index (χ3v) is 3.60. The molecule has 5 nitrogen and oxygen atoms in total. The van der Waals surface area contributed by atoms with Crippen LogP contribution in [-0.2, 0) is 0 Å². The Hall–Kier alpha value is -2.21. The minimum absolute atomic E-state index is 0.0825. The van der Waals surface area contributed by atoms with E-state index in [4.69, 9.17) is 5.11 Å². The molecule has 2 aromatic heterocycles. The third kappa shape index (κ3) is 1.67. The molecule has 0 aliphatic rings. The van der Waals surface area contributed by atoms with Crippen molar-refractivity contribution in [3.8, 4) is 10.4 Å². The molecule has 0 saturated heterocycles. The second-order valence-electron chi connectivity index (χ2n) is 4.01. The highest BCUT2D eigenvalue weighted by Crippen LogP contribution is 2.30. The third-order valence-electron chi connectivity index (χ3n) is 2.78. The van der Waals surface area contributed by atoms with E-state index in [0.717, 1.165) is 26.9 Å². The van der Waals surface area contributed by atoms with E-state index >= 15 is 0 Å². The number of fused-ring (bicyclic) bond motifs is 1. The first-order chi connectivity index (χ1) is 8.65. The van der Waals surface area contributed by atoms with Gasteiger partial charge in [-0.3, -0.25) is 5.10 Å². The molecule has 0 bridgehead atoms. The number of aromatic nitrogens is 3. The van der Waals surface area contributed by atoms with Crippen LogP contribution in [0.1, 0.15) is 16.1 Å². The highest BCUT2D eigenvalue weighted by atomic mass is 32.1. The lowest BCUT2D eigenvalue weighted by molar-refractivity contribution is 0.0692. The van der Waals surface area contributed by atoms with Gasteiger partial charge in [0.1, 0.15) is 0 Å². The van der Waals surface area contributed by atoms with Gasteiger partial charge in [-0.05, 0) is 47.8 Å². The van der Waals surface area contributed by atoms with Gasteiger partial charge in [0, 0.05) is 5.39 Å². The molecule has 0 spiro atoms. The lowest BCUT2D eigenvalue weighted by Crippen LogP contribution is -1.94. The number of benzene rings is 1. The van der Waals surface area contributed by atoms with E-state index < -0.39 is 5.97 Å². The van der Waals surface area contributed by atoms with Crippen molar-refractivity contribution in [3.05, 3.63) is 35.7 Å². The van der Waals surface area contributed by atoms with Crippen molar-refractivity contribution in [3.63, 3.8) is 0 Å². The normalized spacial score (nSPS) is 10.9. The van der Waals surface area contributed by atoms with Crippen molar-refractivity contribution in [1.29, 1.82) is 0 Å². The number of aromatic carboxylic acids is 1. The summed E-state index contributed by atoms with van der Waals surface area (Å²) < 4.78 is 3.92. The van der Waals surface area contributed by atoms with Crippen molar-refractivity contribution in [1.82, 2.24) is 14.6 Å². The second-order valence-corrected chi connectivity index (χ2v) is 4.81. The van der Waals surface area contributed by atoms with Crippen molar-refractivity contribution in [2.75, 3.05) is 0 Å². The summed E-state index contributed by atoms with van der Waals surface area (Å²) in [7, 11) is 0. The molecule has 90 valence electrons. The van der Waals surface area contributed by atoms with E-state index in [1.54, 1.807) is 12.3 Å². The fraction of sp³-hybridized carbons (Fsp3) is 0.0833. The highest BCUT2D eigenvalue weighted by molar-refractivity contribution is 7.09. The van der Waals surface area contributed by atoms with E-state index in [0.29, 0.717) is 0 Å². The number of H-pyrrole nitrogens is 1. The van der Waals surface area contributed by atoms with Crippen LogP contribution in [0.3, 0.4) is 0 Å². The summed E-state index contributed by atoms with van der Waals surface area (Å²) in [5, 5.41) is 16.8. The highest BCUT2D eigenvalue weighted by Gasteiger charge is 2.12.